The number of nitrogens with zero attached hydrogens (tertiary/aromatic N) is 1. The van der Waals surface area contributed by atoms with Gasteiger partial charge in [0.05, 0.1) is 7.11 Å². The van der Waals surface area contributed by atoms with Crippen LogP contribution in [0.2, 0.25) is 0 Å². The summed E-state index contributed by atoms with van der Waals surface area (Å²) in [6.07, 6.45) is 2.48. The van der Waals surface area contributed by atoms with E-state index in [0.717, 1.165) is 13.1 Å². The van der Waals surface area contributed by atoms with Crippen LogP contribution in [-0.4, -0.2) is 37.1 Å². The molecule has 0 radical (unpaired) electrons. The second-order valence-electron chi connectivity index (χ2n) is 3.94. The molecule has 1 saturated heterocycles. The van der Waals surface area contributed by atoms with E-state index >= 15 is 0 Å². The van der Waals surface area contributed by atoms with Gasteiger partial charge in [0.25, 0.3) is 0 Å². The van der Waals surface area contributed by atoms with E-state index in [1.54, 1.807) is 0 Å². The minimum absolute atomic E-state index is 0.0762. The van der Waals surface area contributed by atoms with Gasteiger partial charge >= 0.3 is 5.97 Å². The topological polar surface area (TPSA) is 29.5 Å². The Morgan fingerprint density at radius 1 is 1.62 bits per heavy atom. The van der Waals surface area contributed by atoms with Crippen molar-refractivity contribution in [1.82, 2.24) is 4.90 Å². The van der Waals surface area contributed by atoms with Crippen LogP contribution in [-0.2, 0) is 9.53 Å². The summed E-state index contributed by atoms with van der Waals surface area (Å²) in [5.74, 6) is 0.593. The van der Waals surface area contributed by atoms with Gasteiger partial charge in [0.1, 0.15) is 6.04 Å². The molecule has 0 bridgehead atoms. The third-order valence-electron chi connectivity index (χ3n) is 2.78. The second-order valence-corrected chi connectivity index (χ2v) is 3.94. The molecule has 1 aliphatic heterocycles. The Kier molecular flexibility index (Phi) is 3.72. The number of rotatable bonds is 2. The summed E-state index contributed by atoms with van der Waals surface area (Å²) >= 11 is 0. The van der Waals surface area contributed by atoms with Crippen LogP contribution in [0.15, 0.2) is 0 Å². The fourth-order valence-corrected chi connectivity index (χ4v) is 1.90. The van der Waals surface area contributed by atoms with Crippen LogP contribution >= 0.6 is 0 Å². The summed E-state index contributed by atoms with van der Waals surface area (Å²) in [6.45, 7) is 6.21. The summed E-state index contributed by atoms with van der Waals surface area (Å²) in [5.41, 5.74) is 0. The molecular formula is C10H19NO2. The molecule has 0 aromatic carbocycles. The minimum atomic E-state index is -0.117. The summed E-state index contributed by atoms with van der Waals surface area (Å²) in [7, 11) is 1.45. The van der Waals surface area contributed by atoms with Crippen molar-refractivity contribution < 1.29 is 9.53 Å². The first-order valence-corrected chi connectivity index (χ1v) is 4.97. The van der Waals surface area contributed by atoms with Gasteiger partial charge in [-0.1, -0.05) is 6.92 Å². The van der Waals surface area contributed by atoms with Crippen molar-refractivity contribution >= 4 is 5.97 Å². The first kappa shape index (κ1) is 10.5. The Morgan fingerprint density at radius 2 is 2.31 bits per heavy atom. The van der Waals surface area contributed by atoms with Crippen molar-refractivity contribution in [1.29, 1.82) is 0 Å². The lowest BCUT2D eigenvalue weighted by atomic mass is 9.99. The van der Waals surface area contributed by atoms with Crippen molar-refractivity contribution in [3.8, 4) is 0 Å². The lowest BCUT2D eigenvalue weighted by Gasteiger charge is -2.33. The van der Waals surface area contributed by atoms with E-state index in [2.05, 4.69) is 11.8 Å². The summed E-state index contributed by atoms with van der Waals surface area (Å²) < 4.78 is 4.72. The molecule has 1 fully saturated rings. The molecule has 0 aromatic rings. The zero-order valence-corrected chi connectivity index (χ0v) is 8.75. The molecule has 2 atom stereocenters. The maximum absolute atomic E-state index is 11.3. The Morgan fingerprint density at radius 3 is 2.85 bits per heavy atom. The highest BCUT2D eigenvalue weighted by atomic mass is 16.5. The summed E-state index contributed by atoms with van der Waals surface area (Å²) in [4.78, 5) is 13.5. The fourth-order valence-electron chi connectivity index (χ4n) is 1.90. The Balaban J connectivity index is 2.45. The van der Waals surface area contributed by atoms with E-state index in [9.17, 15) is 4.79 Å². The monoisotopic (exact) mass is 185 g/mol. The van der Waals surface area contributed by atoms with Gasteiger partial charge in [-0.05, 0) is 32.2 Å². The number of esters is 1. The average molecular weight is 185 g/mol. The smallest absolute Gasteiger partial charge is 0.322 e. The second kappa shape index (κ2) is 4.61. The SMILES string of the molecule is COC(=O)[C@H](C)N1CCC[C@@H](C)C1. The van der Waals surface area contributed by atoms with E-state index in [1.807, 2.05) is 6.92 Å². The molecule has 76 valence electrons. The third-order valence-corrected chi connectivity index (χ3v) is 2.78. The Bertz CT molecular complexity index is 182. The molecular weight excluding hydrogens is 166 g/mol. The Hall–Kier alpha value is -0.570. The molecule has 0 aliphatic carbocycles. The van der Waals surface area contributed by atoms with E-state index in [4.69, 9.17) is 4.74 Å². The summed E-state index contributed by atoms with van der Waals surface area (Å²) in [6, 6.07) is -0.0762. The molecule has 0 aromatic heterocycles. The average Bonchev–Trinajstić information content (AvgIpc) is 2.15. The molecule has 0 saturated carbocycles. The van der Waals surface area contributed by atoms with E-state index in [0.29, 0.717) is 5.92 Å². The number of likely N-dealkylation sites (tertiary alicyclic amines) is 1. The third kappa shape index (κ3) is 2.69. The lowest BCUT2D eigenvalue weighted by Crippen LogP contribution is -2.45. The molecule has 0 unspecified atom stereocenters. The van der Waals surface area contributed by atoms with Crippen LogP contribution in [0.25, 0.3) is 0 Å². The normalized spacial score (nSPS) is 26.8. The zero-order valence-electron chi connectivity index (χ0n) is 8.75. The predicted octanol–water partition coefficient (Wildman–Crippen LogP) is 1.28. The van der Waals surface area contributed by atoms with Crippen molar-refractivity contribution in [3.63, 3.8) is 0 Å². The molecule has 3 nitrogen and oxygen atoms in total. The van der Waals surface area contributed by atoms with Gasteiger partial charge in [-0.2, -0.15) is 0 Å². The fraction of sp³-hybridized carbons (Fsp3) is 0.900. The number of hydrogen-bond acceptors (Lipinski definition) is 3. The standard InChI is InChI=1S/C10H19NO2/c1-8-5-4-6-11(7-8)9(2)10(12)13-3/h8-9H,4-7H2,1-3H3/t8-,9+/m1/s1. The first-order valence-electron chi connectivity index (χ1n) is 4.97. The van der Waals surface area contributed by atoms with Crippen LogP contribution in [0.5, 0.6) is 0 Å². The number of carbonyl (C=O) groups is 1. The van der Waals surface area contributed by atoms with Gasteiger partial charge in [0.15, 0.2) is 0 Å². The maximum Gasteiger partial charge on any atom is 0.322 e. The highest BCUT2D eigenvalue weighted by molar-refractivity contribution is 5.75. The number of ether oxygens (including phenoxy) is 1. The lowest BCUT2D eigenvalue weighted by molar-refractivity contribution is -0.147. The molecule has 3 heteroatoms. The first-order chi connectivity index (χ1) is 6.15. The molecule has 1 aliphatic rings. The van der Waals surface area contributed by atoms with Crippen molar-refractivity contribution in [2.75, 3.05) is 20.2 Å². The maximum atomic E-state index is 11.3. The Labute approximate surface area is 80.1 Å². The van der Waals surface area contributed by atoms with Crippen LogP contribution in [0.1, 0.15) is 26.7 Å². The van der Waals surface area contributed by atoms with Gasteiger partial charge in [-0.25, -0.2) is 0 Å². The molecule has 1 heterocycles. The van der Waals surface area contributed by atoms with Crippen LogP contribution in [0.3, 0.4) is 0 Å². The van der Waals surface area contributed by atoms with Gasteiger partial charge < -0.3 is 4.74 Å². The van der Waals surface area contributed by atoms with Crippen molar-refractivity contribution in [3.05, 3.63) is 0 Å². The quantitative estimate of drug-likeness (QED) is 0.607. The van der Waals surface area contributed by atoms with Gasteiger partial charge in [0, 0.05) is 6.54 Å². The van der Waals surface area contributed by atoms with Gasteiger partial charge in [-0.3, -0.25) is 9.69 Å². The highest BCUT2D eigenvalue weighted by Crippen LogP contribution is 2.17. The van der Waals surface area contributed by atoms with Crippen LogP contribution in [0, 0.1) is 5.92 Å². The summed E-state index contributed by atoms with van der Waals surface area (Å²) in [5, 5.41) is 0. The number of carbonyl (C=O) groups excluding carboxylic acids is 1. The van der Waals surface area contributed by atoms with Gasteiger partial charge in [0.2, 0.25) is 0 Å². The number of piperidine rings is 1. The zero-order chi connectivity index (χ0) is 9.84. The van der Waals surface area contributed by atoms with Gasteiger partial charge in [-0.15, -0.1) is 0 Å². The predicted molar refractivity (Wildman–Crippen MR) is 51.4 cm³/mol. The van der Waals surface area contributed by atoms with E-state index < -0.39 is 0 Å². The van der Waals surface area contributed by atoms with E-state index in [1.165, 1.54) is 20.0 Å². The highest BCUT2D eigenvalue weighted by Gasteiger charge is 2.25. The number of hydrogen-bond donors (Lipinski definition) is 0. The molecule has 0 amide bonds. The van der Waals surface area contributed by atoms with Crippen LogP contribution in [0.4, 0.5) is 0 Å². The van der Waals surface area contributed by atoms with Crippen LogP contribution < -0.4 is 0 Å². The molecule has 0 N–H and O–H groups in total. The van der Waals surface area contributed by atoms with Crippen molar-refractivity contribution in [2.24, 2.45) is 5.92 Å². The van der Waals surface area contributed by atoms with E-state index in [-0.39, 0.29) is 12.0 Å². The molecule has 1 rings (SSSR count). The van der Waals surface area contributed by atoms with Crippen molar-refractivity contribution in [2.45, 2.75) is 32.7 Å². The molecule has 13 heavy (non-hydrogen) atoms. The largest absolute Gasteiger partial charge is 0.468 e. The number of methoxy groups -OCH3 is 1. The minimum Gasteiger partial charge on any atom is -0.468 e. The molecule has 0 spiro atoms.